The van der Waals surface area contributed by atoms with Gasteiger partial charge in [-0.25, -0.2) is 4.99 Å². The zero-order chi connectivity index (χ0) is 27.7. The molecule has 0 saturated heterocycles. The largest absolute Gasteiger partial charge is 0.497 e. The van der Waals surface area contributed by atoms with Crippen LogP contribution in [0.25, 0.3) is 6.08 Å². The van der Waals surface area contributed by atoms with Crippen molar-refractivity contribution in [2.75, 3.05) is 31.4 Å². The Kier molecular flexibility index (Phi) is 7.21. The van der Waals surface area contributed by atoms with Crippen molar-refractivity contribution in [2.24, 2.45) is 4.99 Å². The zero-order valence-corrected chi connectivity index (χ0v) is 23.4. The van der Waals surface area contributed by atoms with Crippen LogP contribution in [0.2, 0.25) is 0 Å². The van der Waals surface area contributed by atoms with Gasteiger partial charge in [0, 0.05) is 25.5 Å². The summed E-state index contributed by atoms with van der Waals surface area (Å²) in [4.78, 5) is 35.0. The van der Waals surface area contributed by atoms with Gasteiger partial charge in [-0.1, -0.05) is 53.8 Å². The Morgan fingerprint density at radius 1 is 1.03 bits per heavy atom. The summed E-state index contributed by atoms with van der Waals surface area (Å²) in [5.74, 6) is 0.464. The van der Waals surface area contributed by atoms with Gasteiger partial charge >= 0.3 is 0 Å². The maximum atomic E-state index is 13.9. The van der Waals surface area contributed by atoms with Gasteiger partial charge < -0.3 is 15.0 Å². The Labute approximate surface area is 231 Å². The van der Waals surface area contributed by atoms with E-state index in [4.69, 9.17) is 9.73 Å². The van der Waals surface area contributed by atoms with Crippen molar-refractivity contribution < 1.29 is 9.53 Å². The first-order chi connectivity index (χ1) is 18.8. The Morgan fingerprint density at radius 3 is 2.36 bits per heavy atom. The number of fused-ring (bicyclic) bond motifs is 1. The van der Waals surface area contributed by atoms with Gasteiger partial charge in [0.15, 0.2) is 4.80 Å². The minimum Gasteiger partial charge on any atom is -0.497 e. The topological polar surface area (TPSA) is 75.9 Å². The van der Waals surface area contributed by atoms with Gasteiger partial charge in [-0.2, -0.15) is 0 Å². The van der Waals surface area contributed by atoms with Gasteiger partial charge in [-0.3, -0.25) is 14.2 Å². The van der Waals surface area contributed by atoms with Crippen LogP contribution >= 0.6 is 11.3 Å². The smallest absolute Gasteiger partial charge is 0.271 e. The molecule has 1 aromatic heterocycles. The first-order valence-corrected chi connectivity index (χ1v) is 13.4. The minimum absolute atomic E-state index is 0.190. The highest BCUT2D eigenvalue weighted by Crippen LogP contribution is 2.32. The van der Waals surface area contributed by atoms with E-state index in [1.165, 1.54) is 11.3 Å². The summed E-state index contributed by atoms with van der Waals surface area (Å²) in [5, 5.41) is 3.05. The summed E-state index contributed by atoms with van der Waals surface area (Å²) in [5.41, 5.74) is 5.25. The molecule has 7 nitrogen and oxygen atoms in total. The van der Waals surface area contributed by atoms with Gasteiger partial charge in [-0.15, -0.1) is 0 Å². The number of rotatable bonds is 6. The van der Waals surface area contributed by atoms with Crippen LogP contribution in [0, 0.1) is 6.92 Å². The number of carbonyl (C=O) groups is 1. The molecule has 1 aliphatic rings. The molecule has 0 fully saturated rings. The summed E-state index contributed by atoms with van der Waals surface area (Å²) >= 11 is 1.32. The highest BCUT2D eigenvalue weighted by molar-refractivity contribution is 7.07. The predicted molar refractivity (Wildman–Crippen MR) is 157 cm³/mol. The maximum absolute atomic E-state index is 13.9. The number of benzene rings is 3. The lowest BCUT2D eigenvalue weighted by atomic mass is 9.94. The Bertz CT molecular complexity index is 1750. The molecule has 0 aliphatic carbocycles. The van der Waals surface area contributed by atoms with Crippen LogP contribution < -0.4 is 29.8 Å². The number of anilines is 2. The van der Waals surface area contributed by atoms with Crippen LogP contribution in [0.4, 0.5) is 11.4 Å². The molecule has 1 N–H and O–H groups in total. The number of nitrogens with one attached hydrogen (secondary N) is 1. The monoisotopic (exact) mass is 538 g/mol. The van der Waals surface area contributed by atoms with Crippen LogP contribution in [0.1, 0.15) is 29.7 Å². The van der Waals surface area contributed by atoms with Crippen LogP contribution in [0.3, 0.4) is 0 Å². The molecule has 0 bridgehead atoms. The van der Waals surface area contributed by atoms with Crippen LogP contribution in [0.15, 0.2) is 93.9 Å². The molecule has 0 spiro atoms. The number of allylic oxidation sites excluding steroid dienone is 1. The predicted octanol–water partition coefficient (Wildman–Crippen LogP) is 4.26. The van der Waals surface area contributed by atoms with Gasteiger partial charge in [0.1, 0.15) is 5.75 Å². The Morgan fingerprint density at radius 2 is 1.72 bits per heavy atom. The number of nitrogens with zero attached hydrogens (tertiary/aromatic N) is 3. The number of carbonyl (C=O) groups excluding carboxylic acids is 1. The number of hydrogen-bond acceptors (Lipinski definition) is 6. The number of amides is 1. The quantitative estimate of drug-likeness (QED) is 0.398. The molecule has 198 valence electrons. The van der Waals surface area contributed by atoms with Crippen LogP contribution in [0.5, 0.6) is 5.75 Å². The Balaban J connectivity index is 1.65. The lowest BCUT2D eigenvalue weighted by molar-refractivity contribution is -0.113. The first-order valence-electron chi connectivity index (χ1n) is 12.6. The zero-order valence-electron chi connectivity index (χ0n) is 22.6. The number of methoxy groups -OCH3 is 1. The van der Waals surface area contributed by atoms with Crippen molar-refractivity contribution in [3.05, 3.63) is 120 Å². The summed E-state index contributed by atoms with van der Waals surface area (Å²) in [7, 11) is 5.57. The molecular formula is C31H30N4O3S. The number of hydrogen-bond donors (Lipinski definition) is 1. The number of para-hydroxylation sites is 1. The van der Waals surface area contributed by atoms with E-state index in [1.807, 2.05) is 112 Å². The van der Waals surface area contributed by atoms with E-state index in [0.717, 1.165) is 33.8 Å². The summed E-state index contributed by atoms with van der Waals surface area (Å²) < 4.78 is 7.44. The number of thiazole rings is 1. The van der Waals surface area contributed by atoms with E-state index in [0.29, 0.717) is 20.6 Å². The van der Waals surface area contributed by atoms with Gasteiger partial charge in [-0.05, 0) is 66.9 Å². The van der Waals surface area contributed by atoms with E-state index in [2.05, 4.69) is 5.32 Å². The fraction of sp³-hybridized carbons (Fsp3) is 0.194. The number of ether oxygens (including phenoxy) is 1. The lowest BCUT2D eigenvalue weighted by Crippen LogP contribution is -2.40. The third kappa shape index (κ3) is 5.15. The fourth-order valence-electron chi connectivity index (χ4n) is 4.64. The Hall–Kier alpha value is -4.43. The normalized spacial score (nSPS) is 15.0. The first kappa shape index (κ1) is 26.2. The minimum atomic E-state index is -0.625. The molecule has 1 unspecified atom stereocenters. The second-order valence-corrected chi connectivity index (χ2v) is 10.6. The maximum Gasteiger partial charge on any atom is 0.271 e. The van der Waals surface area contributed by atoms with Crippen molar-refractivity contribution >= 4 is 34.7 Å². The molecule has 1 amide bonds. The highest BCUT2D eigenvalue weighted by Gasteiger charge is 2.32. The SMILES string of the molecule is COc1ccc(/C=c2/sc3n(c2=O)C(c2ccc(N(C)C)cc2)C(C(=O)Nc2ccccc2C)=C(C)N=3)cc1. The molecule has 0 radical (unpaired) electrons. The van der Waals surface area contributed by atoms with Crippen molar-refractivity contribution in [1.29, 1.82) is 0 Å². The molecule has 4 aromatic rings. The molecule has 8 heteroatoms. The van der Waals surface area contributed by atoms with Crippen molar-refractivity contribution in [2.45, 2.75) is 19.9 Å². The van der Waals surface area contributed by atoms with Crippen LogP contribution in [-0.2, 0) is 4.79 Å². The van der Waals surface area contributed by atoms with Gasteiger partial charge in [0.25, 0.3) is 11.5 Å². The van der Waals surface area contributed by atoms with Crippen LogP contribution in [-0.4, -0.2) is 31.7 Å². The molecule has 2 heterocycles. The summed E-state index contributed by atoms with van der Waals surface area (Å²) in [6.07, 6.45) is 1.85. The van der Waals surface area contributed by atoms with E-state index < -0.39 is 6.04 Å². The lowest BCUT2D eigenvalue weighted by Gasteiger charge is -2.26. The number of aryl methyl sites for hydroxylation is 1. The molecule has 3 aromatic carbocycles. The molecule has 1 aliphatic heterocycles. The molecular weight excluding hydrogens is 508 g/mol. The third-order valence-corrected chi connectivity index (χ3v) is 7.78. The average molecular weight is 539 g/mol. The number of aromatic nitrogens is 1. The molecule has 39 heavy (non-hydrogen) atoms. The van der Waals surface area contributed by atoms with Crippen molar-refractivity contribution in [3.63, 3.8) is 0 Å². The molecule has 0 saturated carbocycles. The van der Waals surface area contributed by atoms with Crippen molar-refractivity contribution in [1.82, 2.24) is 4.57 Å². The van der Waals surface area contributed by atoms with E-state index >= 15 is 0 Å². The van der Waals surface area contributed by atoms with E-state index in [1.54, 1.807) is 11.7 Å². The van der Waals surface area contributed by atoms with Crippen molar-refractivity contribution in [3.8, 4) is 5.75 Å². The molecule has 5 rings (SSSR count). The highest BCUT2D eigenvalue weighted by atomic mass is 32.1. The summed E-state index contributed by atoms with van der Waals surface area (Å²) in [6.45, 7) is 3.77. The van der Waals surface area contributed by atoms with Gasteiger partial charge in [0.05, 0.1) is 29.0 Å². The molecule has 1 atom stereocenters. The summed E-state index contributed by atoms with van der Waals surface area (Å²) in [6, 6.07) is 22.5. The standard InChI is InChI=1S/C31H30N4O3S/c1-19-8-6-7-9-25(19)33-29(36)27-20(2)32-31-35(28(27)22-12-14-23(15-13-22)34(3)4)30(37)26(39-31)18-21-10-16-24(38-5)17-11-21/h6-18,28H,1-5H3,(H,33,36)/b26-18+. The second kappa shape index (κ2) is 10.7. The average Bonchev–Trinajstić information content (AvgIpc) is 3.23. The third-order valence-electron chi connectivity index (χ3n) is 6.80. The fourth-order valence-corrected chi connectivity index (χ4v) is 5.68. The van der Waals surface area contributed by atoms with E-state index in [-0.39, 0.29) is 11.5 Å². The van der Waals surface area contributed by atoms with E-state index in [9.17, 15) is 9.59 Å². The second-order valence-electron chi connectivity index (χ2n) is 9.61. The van der Waals surface area contributed by atoms with Gasteiger partial charge in [0.2, 0.25) is 0 Å².